The minimum absolute atomic E-state index is 0.166. The van der Waals surface area contributed by atoms with Crippen LogP contribution in [-0.4, -0.2) is 0 Å². The first kappa shape index (κ1) is 26.2. The first-order chi connectivity index (χ1) is 22.1. The molecular formula is C43H31NS. The van der Waals surface area contributed by atoms with Crippen LogP contribution in [0.1, 0.15) is 25.0 Å². The predicted octanol–water partition coefficient (Wildman–Crippen LogP) is 12.7. The summed E-state index contributed by atoms with van der Waals surface area (Å²) in [5.74, 6) is 0. The summed E-state index contributed by atoms with van der Waals surface area (Å²) in [6.45, 7) is 4.80. The van der Waals surface area contributed by atoms with E-state index in [1.807, 2.05) is 11.3 Å². The van der Waals surface area contributed by atoms with Crippen LogP contribution in [-0.2, 0) is 5.41 Å². The van der Waals surface area contributed by atoms with Crippen LogP contribution in [0, 0.1) is 0 Å². The fourth-order valence-corrected chi connectivity index (χ4v) is 8.54. The predicted molar refractivity (Wildman–Crippen MR) is 195 cm³/mol. The summed E-state index contributed by atoms with van der Waals surface area (Å²) in [6.07, 6.45) is 0. The molecular weight excluding hydrogens is 563 g/mol. The molecule has 0 fully saturated rings. The largest absolute Gasteiger partial charge is 0.309 e. The van der Waals surface area contributed by atoms with E-state index in [0.717, 1.165) is 11.4 Å². The summed E-state index contributed by atoms with van der Waals surface area (Å²) in [5.41, 5.74) is 11.4. The Morgan fingerprint density at radius 3 is 2.04 bits per heavy atom. The van der Waals surface area contributed by atoms with E-state index in [4.69, 9.17) is 0 Å². The molecule has 1 aliphatic rings. The highest BCUT2D eigenvalue weighted by Gasteiger charge is 2.40. The molecule has 0 unspecified atom stereocenters. The molecule has 0 saturated carbocycles. The van der Waals surface area contributed by atoms with E-state index >= 15 is 0 Å². The van der Waals surface area contributed by atoms with E-state index in [-0.39, 0.29) is 5.41 Å². The Hall–Kier alpha value is -5.18. The maximum Gasteiger partial charge on any atom is 0.0636 e. The van der Waals surface area contributed by atoms with E-state index < -0.39 is 0 Å². The second-order valence-electron chi connectivity index (χ2n) is 12.6. The Kier molecular flexibility index (Phi) is 5.78. The molecule has 0 amide bonds. The lowest BCUT2D eigenvalue weighted by Gasteiger charge is -2.30. The summed E-state index contributed by atoms with van der Waals surface area (Å²) in [4.78, 5) is 2.52. The minimum atomic E-state index is -0.166. The van der Waals surface area contributed by atoms with Crippen LogP contribution in [0.15, 0.2) is 152 Å². The Morgan fingerprint density at radius 1 is 0.511 bits per heavy atom. The van der Waals surface area contributed by atoms with Gasteiger partial charge in [0.2, 0.25) is 0 Å². The van der Waals surface area contributed by atoms with Crippen LogP contribution >= 0.6 is 11.3 Å². The van der Waals surface area contributed by atoms with Crippen molar-refractivity contribution < 1.29 is 0 Å². The molecule has 0 spiro atoms. The van der Waals surface area contributed by atoms with Gasteiger partial charge in [0.05, 0.1) is 5.69 Å². The zero-order valence-corrected chi connectivity index (χ0v) is 26.1. The summed E-state index contributed by atoms with van der Waals surface area (Å²) >= 11 is 1.91. The van der Waals surface area contributed by atoms with E-state index in [1.54, 1.807) is 0 Å². The van der Waals surface area contributed by atoms with Crippen molar-refractivity contribution in [2.75, 3.05) is 4.90 Å². The number of thiophene rings is 1. The average Bonchev–Trinajstić information content (AvgIpc) is 3.57. The third kappa shape index (κ3) is 3.99. The van der Waals surface area contributed by atoms with E-state index in [0.29, 0.717) is 0 Å². The lowest BCUT2D eigenvalue weighted by atomic mass is 9.81. The van der Waals surface area contributed by atoms with Crippen molar-refractivity contribution in [3.05, 3.63) is 163 Å². The summed E-state index contributed by atoms with van der Waals surface area (Å²) in [6, 6.07) is 55.7. The number of benzene rings is 7. The monoisotopic (exact) mass is 593 g/mol. The SMILES string of the molecule is CC1(C)c2cc(-c3ccccc3)ccc2-c2c1cc1sc3ccccc3c1c2N(c1ccccc1)c1ccc2ccccc2c1. The Morgan fingerprint density at radius 2 is 1.22 bits per heavy atom. The van der Waals surface area contributed by atoms with Gasteiger partial charge in [0.15, 0.2) is 0 Å². The van der Waals surface area contributed by atoms with Gasteiger partial charge < -0.3 is 4.90 Å². The molecule has 214 valence electrons. The van der Waals surface area contributed by atoms with Gasteiger partial charge in [0.25, 0.3) is 0 Å². The van der Waals surface area contributed by atoms with Crippen LogP contribution in [0.5, 0.6) is 0 Å². The molecule has 0 saturated heterocycles. The van der Waals surface area contributed by atoms with Crippen LogP contribution in [0.25, 0.3) is 53.2 Å². The van der Waals surface area contributed by atoms with Crippen molar-refractivity contribution in [1.29, 1.82) is 0 Å². The smallest absolute Gasteiger partial charge is 0.0636 e. The van der Waals surface area contributed by atoms with Gasteiger partial charge in [-0.3, -0.25) is 0 Å². The highest BCUT2D eigenvalue weighted by Crippen LogP contribution is 2.59. The lowest BCUT2D eigenvalue weighted by Crippen LogP contribution is -2.16. The number of hydrogen-bond donors (Lipinski definition) is 0. The van der Waals surface area contributed by atoms with Crippen LogP contribution in [0.4, 0.5) is 17.1 Å². The maximum absolute atomic E-state index is 2.52. The zero-order chi connectivity index (χ0) is 30.1. The fourth-order valence-electron chi connectivity index (χ4n) is 7.39. The van der Waals surface area contributed by atoms with E-state index in [1.165, 1.54) is 70.0 Å². The molecule has 1 aliphatic carbocycles. The second kappa shape index (κ2) is 9.92. The molecule has 0 bridgehead atoms. The standard InChI is InChI=1S/C43H31NS/c1-43(2)36-26-31(28-13-5-3-6-14-28)22-24-34(36)40-37(43)27-39-41(35-19-11-12-20-38(35)45-39)42(40)44(32-17-7-4-8-18-32)33-23-21-29-15-9-10-16-30(29)25-33/h3-27H,1-2H3. The lowest BCUT2D eigenvalue weighted by molar-refractivity contribution is 0.661. The molecule has 1 nitrogen and oxygen atoms in total. The number of para-hydroxylation sites is 1. The van der Waals surface area contributed by atoms with Gasteiger partial charge in [0.1, 0.15) is 0 Å². The molecule has 1 heterocycles. The number of nitrogens with zero attached hydrogens (tertiary/aromatic N) is 1. The van der Waals surface area contributed by atoms with Gasteiger partial charge in [-0.05, 0) is 81.1 Å². The van der Waals surface area contributed by atoms with Gasteiger partial charge in [-0.2, -0.15) is 0 Å². The number of anilines is 3. The molecule has 1 aromatic heterocycles. The third-order valence-electron chi connectivity index (χ3n) is 9.61. The van der Waals surface area contributed by atoms with Crippen molar-refractivity contribution >= 4 is 59.3 Å². The Labute approximate surface area is 267 Å². The number of hydrogen-bond acceptors (Lipinski definition) is 2. The molecule has 9 rings (SSSR count). The second-order valence-corrected chi connectivity index (χ2v) is 13.7. The van der Waals surface area contributed by atoms with E-state index in [2.05, 4.69) is 170 Å². The first-order valence-corrected chi connectivity index (χ1v) is 16.4. The molecule has 0 radical (unpaired) electrons. The van der Waals surface area contributed by atoms with Crippen LogP contribution in [0.3, 0.4) is 0 Å². The maximum atomic E-state index is 2.52. The van der Waals surface area contributed by atoms with Crippen molar-refractivity contribution in [2.45, 2.75) is 19.3 Å². The molecule has 0 aliphatic heterocycles. The van der Waals surface area contributed by atoms with E-state index in [9.17, 15) is 0 Å². The van der Waals surface area contributed by atoms with Crippen molar-refractivity contribution in [3.63, 3.8) is 0 Å². The van der Waals surface area contributed by atoms with Crippen molar-refractivity contribution in [2.24, 2.45) is 0 Å². The normalized spacial score (nSPS) is 13.3. The van der Waals surface area contributed by atoms with Crippen molar-refractivity contribution in [3.8, 4) is 22.3 Å². The Balaban J connectivity index is 1.42. The summed E-state index contributed by atoms with van der Waals surface area (Å²) < 4.78 is 2.65. The minimum Gasteiger partial charge on any atom is -0.309 e. The fraction of sp³-hybridized carbons (Fsp3) is 0.0698. The van der Waals surface area contributed by atoms with Gasteiger partial charge in [-0.25, -0.2) is 0 Å². The molecule has 8 aromatic rings. The molecule has 7 aromatic carbocycles. The van der Waals surface area contributed by atoms with Crippen molar-refractivity contribution in [1.82, 2.24) is 0 Å². The van der Waals surface area contributed by atoms with Crippen LogP contribution < -0.4 is 4.90 Å². The quantitative estimate of drug-likeness (QED) is 0.196. The highest BCUT2D eigenvalue weighted by atomic mass is 32.1. The number of fused-ring (bicyclic) bond motifs is 7. The summed E-state index contributed by atoms with van der Waals surface area (Å²) in [5, 5.41) is 5.12. The van der Waals surface area contributed by atoms with Gasteiger partial charge >= 0.3 is 0 Å². The topological polar surface area (TPSA) is 3.24 Å². The molecule has 2 heteroatoms. The zero-order valence-electron chi connectivity index (χ0n) is 25.3. The molecule has 0 N–H and O–H groups in total. The Bertz CT molecular complexity index is 2400. The average molecular weight is 594 g/mol. The van der Waals surface area contributed by atoms with Crippen LogP contribution in [0.2, 0.25) is 0 Å². The number of rotatable bonds is 4. The highest BCUT2D eigenvalue weighted by molar-refractivity contribution is 7.26. The molecule has 0 atom stereocenters. The van der Waals surface area contributed by atoms with Gasteiger partial charge in [-0.1, -0.05) is 123 Å². The van der Waals surface area contributed by atoms with Gasteiger partial charge in [-0.15, -0.1) is 11.3 Å². The molecule has 45 heavy (non-hydrogen) atoms. The summed E-state index contributed by atoms with van der Waals surface area (Å²) in [7, 11) is 0. The first-order valence-electron chi connectivity index (χ1n) is 15.6. The van der Waals surface area contributed by atoms with Gasteiger partial charge in [0, 0.05) is 42.5 Å². The third-order valence-corrected chi connectivity index (χ3v) is 10.7.